The predicted octanol–water partition coefficient (Wildman–Crippen LogP) is 1.83. The fourth-order valence-corrected chi connectivity index (χ4v) is 2.65. The van der Waals surface area contributed by atoms with Gasteiger partial charge in [-0.05, 0) is 35.4 Å². The molecular formula is C17H23IN4O3S. The van der Waals surface area contributed by atoms with Crippen molar-refractivity contribution in [3.8, 4) is 5.75 Å². The first-order valence-corrected chi connectivity index (χ1v) is 9.16. The van der Waals surface area contributed by atoms with Crippen molar-refractivity contribution in [3.63, 3.8) is 0 Å². The number of primary sulfonamides is 1. The van der Waals surface area contributed by atoms with E-state index in [1.165, 1.54) is 12.1 Å². The second-order valence-electron chi connectivity index (χ2n) is 5.32. The number of nitrogens with two attached hydrogens (primary N) is 1. The molecule has 0 amide bonds. The third-order valence-corrected chi connectivity index (χ3v) is 4.48. The minimum absolute atomic E-state index is 0. The van der Waals surface area contributed by atoms with Crippen molar-refractivity contribution in [2.75, 3.05) is 14.2 Å². The Balaban J connectivity index is 0.00000338. The molecule has 0 unspecified atom stereocenters. The number of aliphatic imine (C=N–C) groups is 1. The van der Waals surface area contributed by atoms with Gasteiger partial charge in [-0.1, -0.05) is 24.3 Å². The summed E-state index contributed by atoms with van der Waals surface area (Å²) in [7, 11) is -0.344. The molecule has 0 fully saturated rings. The molecule has 9 heteroatoms. The highest BCUT2D eigenvalue weighted by Crippen LogP contribution is 2.11. The topological polar surface area (TPSA) is 106 Å². The zero-order valence-corrected chi connectivity index (χ0v) is 17.7. The van der Waals surface area contributed by atoms with Crippen LogP contribution in [0.15, 0.2) is 58.4 Å². The van der Waals surface area contributed by atoms with Crippen LogP contribution in [0.5, 0.6) is 5.75 Å². The van der Waals surface area contributed by atoms with Crippen LogP contribution in [-0.4, -0.2) is 28.5 Å². The molecule has 0 spiro atoms. The summed E-state index contributed by atoms with van der Waals surface area (Å²) < 4.78 is 27.6. The van der Waals surface area contributed by atoms with E-state index in [4.69, 9.17) is 9.88 Å². The molecule has 0 aliphatic heterocycles. The average Bonchev–Trinajstić information content (AvgIpc) is 2.62. The molecule has 4 N–H and O–H groups in total. The van der Waals surface area contributed by atoms with Crippen molar-refractivity contribution < 1.29 is 13.2 Å². The third-order valence-electron chi connectivity index (χ3n) is 3.55. The molecule has 26 heavy (non-hydrogen) atoms. The number of halogens is 1. The third kappa shape index (κ3) is 6.81. The Morgan fingerprint density at radius 2 is 1.46 bits per heavy atom. The van der Waals surface area contributed by atoms with E-state index in [0.29, 0.717) is 19.0 Å². The molecule has 0 aliphatic carbocycles. The summed E-state index contributed by atoms with van der Waals surface area (Å²) in [5.41, 5.74) is 2.01. The number of nitrogens with one attached hydrogen (secondary N) is 2. The Morgan fingerprint density at radius 1 is 1.00 bits per heavy atom. The van der Waals surface area contributed by atoms with Gasteiger partial charge in [-0.15, -0.1) is 24.0 Å². The van der Waals surface area contributed by atoms with Gasteiger partial charge in [-0.25, -0.2) is 13.6 Å². The lowest BCUT2D eigenvalue weighted by Gasteiger charge is -2.12. The van der Waals surface area contributed by atoms with Crippen LogP contribution in [0, 0.1) is 0 Å². The van der Waals surface area contributed by atoms with Crippen LogP contribution in [0.3, 0.4) is 0 Å². The van der Waals surface area contributed by atoms with Gasteiger partial charge < -0.3 is 15.4 Å². The van der Waals surface area contributed by atoms with Gasteiger partial charge in [0.1, 0.15) is 5.75 Å². The monoisotopic (exact) mass is 490 g/mol. The number of hydrogen-bond donors (Lipinski definition) is 3. The van der Waals surface area contributed by atoms with Crippen molar-refractivity contribution in [2.24, 2.45) is 10.1 Å². The van der Waals surface area contributed by atoms with Crippen LogP contribution in [0.2, 0.25) is 0 Å². The van der Waals surface area contributed by atoms with E-state index in [-0.39, 0.29) is 28.9 Å². The Hall–Kier alpha value is -1.85. The van der Waals surface area contributed by atoms with Crippen LogP contribution in [-0.2, 0) is 23.1 Å². The number of hydrogen-bond acceptors (Lipinski definition) is 4. The molecule has 0 atom stereocenters. The first-order valence-electron chi connectivity index (χ1n) is 7.61. The normalized spacial score (nSPS) is 11.4. The summed E-state index contributed by atoms with van der Waals surface area (Å²) in [4.78, 5) is 4.26. The predicted molar refractivity (Wildman–Crippen MR) is 113 cm³/mol. The Labute approximate surface area is 171 Å². The zero-order valence-electron chi connectivity index (χ0n) is 14.6. The SMILES string of the molecule is CN=C(NCc1ccc(OC)cc1)NCc1ccc(S(N)(=O)=O)cc1.I. The molecule has 0 heterocycles. The summed E-state index contributed by atoms with van der Waals surface area (Å²) in [6.45, 7) is 1.13. The van der Waals surface area contributed by atoms with Gasteiger partial charge in [0.2, 0.25) is 10.0 Å². The van der Waals surface area contributed by atoms with E-state index in [1.54, 1.807) is 26.3 Å². The Bertz CT molecular complexity index is 822. The molecular weight excluding hydrogens is 467 g/mol. The summed E-state index contributed by atoms with van der Waals surface area (Å²) in [5, 5.41) is 11.5. The molecule has 0 aromatic heterocycles. The highest BCUT2D eigenvalue weighted by Gasteiger charge is 2.07. The standard InChI is InChI=1S/C17H22N4O3S.HI/c1-19-17(20-11-13-3-7-15(24-2)8-4-13)21-12-14-5-9-16(10-6-14)25(18,22)23;/h3-10H,11-12H2,1-2H3,(H2,18,22,23)(H2,19,20,21);1H. The van der Waals surface area contributed by atoms with E-state index in [0.717, 1.165) is 16.9 Å². The van der Waals surface area contributed by atoms with Gasteiger partial charge >= 0.3 is 0 Å². The molecule has 2 aromatic carbocycles. The molecule has 0 saturated carbocycles. The lowest BCUT2D eigenvalue weighted by molar-refractivity contribution is 0.414. The number of ether oxygens (including phenoxy) is 1. The fourth-order valence-electron chi connectivity index (χ4n) is 2.13. The van der Waals surface area contributed by atoms with E-state index < -0.39 is 10.0 Å². The van der Waals surface area contributed by atoms with Gasteiger partial charge in [-0.3, -0.25) is 4.99 Å². The first kappa shape index (κ1) is 22.2. The number of guanidine groups is 1. The highest BCUT2D eigenvalue weighted by atomic mass is 127. The molecule has 0 bridgehead atoms. The minimum atomic E-state index is -3.67. The van der Waals surface area contributed by atoms with Gasteiger partial charge in [0.05, 0.1) is 12.0 Å². The fraction of sp³-hybridized carbons (Fsp3) is 0.235. The number of methoxy groups -OCH3 is 1. The Morgan fingerprint density at radius 3 is 1.85 bits per heavy atom. The van der Waals surface area contributed by atoms with E-state index in [1.807, 2.05) is 24.3 Å². The quantitative estimate of drug-likeness (QED) is 0.326. The molecule has 2 rings (SSSR count). The summed E-state index contributed by atoms with van der Waals surface area (Å²) >= 11 is 0. The number of rotatable bonds is 6. The molecule has 7 nitrogen and oxygen atoms in total. The molecule has 0 saturated heterocycles. The van der Waals surface area contributed by atoms with E-state index in [9.17, 15) is 8.42 Å². The lowest BCUT2D eigenvalue weighted by atomic mass is 10.2. The smallest absolute Gasteiger partial charge is 0.238 e. The Kier molecular flexibility index (Phi) is 8.82. The molecule has 142 valence electrons. The molecule has 0 aliphatic rings. The maximum atomic E-state index is 11.2. The van der Waals surface area contributed by atoms with Gasteiger partial charge in [-0.2, -0.15) is 0 Å². The lowest BCUT2D eigenvalue weighted by Crippen LogP contribution is -2.36. The van der Waals surface area contributed by atoms with Gasteiger partial charge in [0.25, 0.3) is 0 Å². The van der Waals surface area contributed by atoms with Crippen LogP contribution in [0.1, 0.15) is 11.1 Å². The molecule has 2 aromatic rings. The van der Waals surface area contributed by atoms with Crippen LogP contribution in [0.4, 0.5) is 0 Å². The summed E-state index contributed by atoms with van der Waals surface area (Å²) in [6, 6.07) is 14.2. The van der Waals surface area contributed by atoms with Crippen molar-refractivity contribution in [2.45, 2.75) is 18.0 Å². The van der Waals surface area contributed by atoms with Crippen molar-refractivity contribution in [1.82, 2.24) is 10.6 Å². The zero-order chi connectivity index (χ0) is 18.3. The van der Waals surface area contributed by atoms with E-state index in [2.05, 4.69) is 15.6 Å². The van der Waals surface area contributed by atoms with Crippen LogP contribution < -0.4 is 20.5 Å². The van der Waals surface area contributed by atoms with Gasteiger partial charge in [0, 0.05) is 20.1 Å². The van der Waals surface area contributed by atoms with E-state index >= 15 is 0 Å². The average molecular weight is 490 g/mol. The van der Waals surface area contributed by atoms with Crippen molar-refractivity contribution >= 4 is 40.0 Å². The van der Waals surface area contributed by atoms with Crippen LogP contribution in [0.25, 0.3) is 0 Å². The maximum Gasteiger partial charge on any atom is 0.238 e. The number of sulfonamides is 1. The second-order valence-corrected chi connectivity index (χ2v) is 6.88. The second kappa shape index (κ2) is 10.3. The number of benzene rings is 2. The largest absolute Gasteiger partial charge is 0.497 e. The maximum absolute atomic E-state index is 11.2. The van der Waals surface area contributed by atoms with Crippen LogP contribution >= 0.6 is 24.0 Å². The highest BCUT2D eigenvalue weighted by molar-refractivity contribution is 14.0. The summed E-state index contributed by atoms with van der Waals surface area (Å²) in [6.07, 6.45) is 0. The van der Waals surface area contributed by atoms with Crippen molar-refractivity contribution in [1.29, 1.82) is 0 Å². The molecule has 0 radical (unpaired) electrons. The van der Waals surface area contributed by atoms with Crippen molar-refractivity contribution in [3.05, 3.63) is 59.7 Å². The first-order chi connectivity index (χ1) is 11.9. The van der Waals surface area contributed by atoms with Gasteiger partial charge in [0.15, 0.2) is 5.96 Å². The number of nitrogens with zero attached hydrogens (tertiary/aromatic N) is 1. The minimum Gasteiger partial charge on any atom is -0.497 e. The summed E-state index contributed by atoms with van der Waals surface area (Å²) in [5.74, 6) is 1.46.